The van der Waals surface area contributed by atoms with Crippen LogP contribution in [0.3, 0.4) is 0 Å². The van der Waals surface area contributed by atoms with Crippen molar-refractivity contribution in [2.45, 2.75) is 13.8 Å². The van der Waals surface area contributed by atoms with Crippen LogP contribution in [0.5, 0.6) is 0 Å². The van der Waals surface area contributed by atoms with Crippen molar-refractivity contribution in [1.29, 1.82) is 0 Å². The minimum absolute atomic E-state index is 0.119. The lowest BCUT2D eigenvalue weighted by molar-refractivity contribution is 0.102. The number of anilines is 1. The Labute approximate surface area is 118 Å². The van der Waals surface area contributed by atoms with Crippen LogP contribution >= 0.6 is 22.9 Å². The molecule has 6 heteroatoms. The second-order valence-electron chi connectivity index (χ2n) is 4.18. The molecule has 0 fully saturated rings. The third-order valence-electron chi connectivity index (χ3n) is 2.75. The Balaban J connectivity index is 1.89. The number of aryl methyl sites for hydroxylation is 2. The number of amides is 1. The summed E-state index contributed by atoms with van der Waals surface area (Å²) in [5, 5.41) is 5.68. The summed E-state index contributed by atoms with van der Waals surface area (Å²) in [6.07, 6.45) is 0. The summed E-state index contributed by atoms with van der Waals surface area (Å²) >= 11 is 2.91. The fourth-order valence-electron chi connectivity index (χ4n) is 1.83. The third-order valence-corrected chi connectivity index (χ3v) is 4.40. The van der Waals surface area contributed by atoms with Gasteiger partial charge in [0.05, 0.1) is 26.5 Å². The van der Waals surface area contributed by atoms with Gasteiger partial charge in [-0.05, 0) is 43.6 Å². The SMILES string of the molecule is Cc1nc2ccc(NC(=O)c3csnc3C)cc2s1. The van der Waals surface area contributed by atoms with Gasteiger partial charge in [-0.15, -0.1) is 11.3 Å². The number of fused-ring (bicyclic) bond motifs is 1. The first-order valence-electron chi connectivity index (χ1n) is 5.73. The topological polar surface area (TPSA) is 54.9 Å². The quantitative estimate of drug-likeness (QED) is 0.784. The zero-order chi connectivity index (χ0) is 13.4. The van der Waals surface area contributed by atoms with Crippen molar-refractivity contribution < 1.29 is 4.79 Å². The molecule has 0 atom stereocenters. The van der Waals surface area contributed by atoms with Gasteiger partial charge in [0, 0.05) is 11.1 Å². The Morgan fingerprint density at radius 2 is 2.16 bits per heavy atom. The van der Waals surface area contributed by atoms with Gasteiger partial charge in [0.1, 0.15) is 0 Å². The molecule has 2 heterocycles. The first-order valence-corrected chi connectivity index (χ1v) is 7.38. The molecule has 0 bridgehead atoms. The first kappa shape index (κ1) is 12.3. The van der Waals surface area contributed by atoms with E-state index in [0.717, 1.165) is 26.6 Å². The predicted molar refractivity (Wildman–Crippen MR) is 79.2 cm³/mol. The number of thiazole rings is 1. The maximum absolute atomic E-state index is 12.1. The van der Waals surface area contributed by atoms with Gasteiger partial charge in [-0.3, -0.25) is 4.79 Å². The van der Waals surface area contributed by atoms with E-state index in [1.54, 1.807) is 16.7 Å². The molecule has 0 aliphatic heterocycles. The number of benzene rings is 1. The Morgan fingerprint density at radius 1 is 1.32 bits per heavy atom. The summed E-state index contributed by atoms with van der Waals surface area (Å²) in [4.78, 5) is 16.5. The van der Waals surface area contributed by atoms with Crippen molar-refractivity contribution in [3.8, 4) is 0 Å². The molecule has 0 saturated carbocycles. The Morgan fingerprint density at radius 3 is 2.89 bits per heavy atom. The van der Waals surface area contributed by atoms with Crippen LogP contribution in [0.15, 0.2) is 23.6 Å². The molecule has 96 valence electrons. The lowest BCUT2D eigenvalue weighted by atomic mass is 10.2. The van der Waals surface area contributed by atoms with E-state index in [4.69, 9.17) is 0 Å². The average molecular weight is 289 g/mol. The fraction of sp³-hybridized carbons (Fsp3) is 0.154. The van der Waals surface area contributed by atoms with Gasteiger partial charge in [-0.25, -0.2) is 4.98 Å². The predicted octanol–water partition coefficient (Wildman–Crippen LogP) is 3.62. The van der Waals surface area contributed by atoms with E-state index in [2.05, 4.69) is 14.7 Å². The lowest BCUT2D eigenvalue weighted by Gasteiger charge is -2.04. The molecule has 19 heavy (non-hydrogen) atoms. The summed E-state index contributed by atoms with van der Waals surface area (Å²) in [5.74, 6) is -0.119. The highest BCUT2D eigenvalue weighted by molar-refractivity contribution is 7.18. The third kappa shape index (κ3) is 2.36. The highest BCUT2D eigenvalue weighted by atomic mass is 32.1. The lowest BCUT2D eigenvalue weighted by Crippen LogP contribution is -2.12. The van der Waals surface area contributed by atoms with Gasteiger partial charge in [0.15, 0.2) is 0 Å². The van der Waals surface area contributed by atoms with Crippen LogP contribution in [-0.4, -0.2) is 15.3 Å². The van der Waals surface area contributed by atoms with E-state index in [9.17, 15) is 4.79 Å². The van der Waals surface area contributed by atoms with Gasteiger partial charge >= 0.3 is 0 Å². The smallest absolute Gasteiger partial charge is 0.258 e. The van der Waals surface area contributed by atoms with Gasteiger partial charge < -0.3 is 5.32 Å². The van der Waals surface area contributed by atoms with Crippen LogP contribution in [0.1, 0.15) is 21.1 Å². The Bertz CT molecular complexity index is 760. The van der Waals surface area contributed by atoms with Gasteiger partial charge in [-0.2, -0.15) is 4.37 Å². The van der Waals surface area contributed by atoms with E-state index in [0.29, 0.717) is 5.56 Å². The van der Waals surface area contributed by atoms with Crippen molar-refractivity contribution in [3.05, 3.63) is 39.8 Å². The van der Waals surface area contributed by atoms with Gasteiger partial charge in [0.2, 0.25) is 0 Å². The molecule has 1 N–H and O–H groups in total. The zero-order valence-corrected chi connectivity index (χ0v) is 12.1. The Kier molecular flexibility index (Phi) is 3.04. The molecular weight excluding hydrogens is 278 g/mol. The first-order chi connectivity index (χ1) is 9.13. The maximum Gasteiger partial charge on any atom is 0.258 e. The van der Waals surface area contributed by atoms with Crippen molar-refractivity contribution in [2.24, 2.45) is 0 Å². The van der Waals surface area contributed by atoms with Gasteiger partial charge in [-0.1, -0.05) is 0 Å². The molecule has 0 saturated heterocycles. The highest BCUT2D eigenvalue weighted by Crippen LogP contribution is 2.25. The number of carbonyl (C=O) groups excluding carboxylic acids is 1. The highest BCUT2D eigenvalue weighted by Gasteiger charge is 2.11. The molecule has 0 radical (unpaired) electrons. The van der Waals surface area contributed by atoms with Crippen molar-refractivity contribution in [3.63, 3.8) is 0 Å². The number of carbonyl (C=O) groups is 1. The minimum Gasteiger partial charge on any atom is -0.322 e. The summed E-state index contributed by atoms with van der Waals surface area (Å²) in [6.45, 7) is 3.81. The number of rotatable bonds is 2. The molecular formula is C13H11N3OS2. The van der Waals surface area contributed by atoms with E-state index >= 15 is 0 Å². The second-order valence-corrected chi connectivity index (χ2v) is 6.05. The van der Waals surface area contributed by atoms with Crippen molar-refractivity contribution in [1.82, 2.24) is 9.36 Å². The van der Waals surface area contributed by atoms with Crippen LogP contribution in [-0.2, 0) is 0 Å². The largest absolute Gasteiger partial charge is 0.322 e. The molecule has 0 aliphatic carbocycles. The number of hydrogen-bond acceptors (Lipinski definition) is 5. The zero-order valence-electron chi connectivity index (χ0n) is 10.4. The standard InChI is InChI=1S/C13H11N3OS2/c1-7-10(6-18-16-7)13(17)15-9-3-4-11-12(5-9)19-8(2)14-11/h3-6H,1-2H3,(H,15,17). The molecule has 4 nitrogen and oxygen atoms in total. The molecule has 1 aromatic carbocycles. The number of hydrogen-bond donors (Lipinski definition) is 1. The van der Waals surface area contributed by atoms with Crippen LogP contribution in [0.4, 0.5) is 5.69 Å². The average Bonchev–Trinajstić information content (AvgIpc) is 2.93. The normalized spacial score (nSPS) is 10.8. The van der Waals surface area contributed by atoms with Crippen molar-refractivity contribution in [2.75, 3.05) is 5.32 Å². The molecule has 2 aromatic heterocycles. The van der Waals surface area contributed by atoms with Crippen LogP contribution < -0.4 is 5.32 Å². The summed E-state index contributed by atoms with van der Waals surface area (Å²) in [5.41, 5.74) is 3.14. The molecule has 3 aromatic rings. The van der Waals surface area contributed by atoms with E-state index in [1.165, 1.54) is 11.5 Å². The minimum atomic E-state index is -0.119. The summed E-state index contributed by atoms with van der Waals surface area (Å²) in [6, 6.07) is 5.74. The molecule has 0 aliphatic rings. The fourth-order valence-corrected chi connectivity index (χ4v) is 3.38. The molecule has 0 unspecified atom stereocenters. The van der Waals surface area contributed by atoms with Crippen LogP contribution in [0, 0.1) is 13.8 Å². The van der Waals surface area contributed by atoms with E-state index in [-0.39, 0.29) is 5.91 Å². The van der Waals surface area contributed by atoms with Gasteiger partial charge in [0.25, 0.3) is 5.91 Å². The molecule has 0 spiro atoms. The number of nitrogens with one attached hydrogen (secondary N) is 1. The number of nitrogens with zero attached hydrogens (tertiary/aromatic N) is 2. The van der Waals surface area contributed by atoms with E-state index in [1.807, 2.05) is 32.0 Å². The van der Waals surface area contributed by atoms with Crippen molar-refractivity contribution >= 4 is 44.7 Å². The van der Waals surface area contributed by atoms with Crippen LogP contribution in [0.2, 0.25) is 0 Å². The maximum atomic E-state index is 12.1. The Hall–Kier alpha value is -1.79. The summed E-state index contributed by atoms with van der Waals surface area (Å²) in [7, 11) is 0. The monoisotopic (exact) mass is 289 g/mol. The van der Waals surface area contributed by atoms with E-state index < -0.39 is 0 Å². The molecule has 3 rings (SSSR count). The summed E-state index contributed by atoms with van der Waals surface area (Å²) < 4.78 is 5.18. The number of aromatic nitrogens is 2. The molecule has 1 amide bonds. The van der Waals surface area contributed by atoms with Crippen LogP contribution in [0.25, 0.3) is 10.2 Å². The second kappa shape index (κ2) is 4.71.